The van der Waals surface area contributed by atoms with Gasteiger partial charge >= 0.3 is 0 Å². The van der Waals surface area contributed by atoms with E-state index in [0.29, 0.717) is 6.04 Å². The van der Waals surface area contributed by atoms with Crippen molar-refractivity contribution < 1.29 is 0 Å². The van der Waals surface area contributed by atoms with Gasteiger partial charge in [-0.3, -0.25) is 9.88 Å². The molecule has 2 fully saturated rings. The minimum Gasteiger partial charge on any atom is -0.379 e. The van der Waals surface area contributed by atoms with Gasteiger partial charge in [0, 0.05) is 36.3 Å². The molecule has 3 heteroatoms. The highest BCUT2D eigenvalue weighted by Crippen LogP contribution is 2.31. The summed E-state index contributed by atoms with van der Waals surface area (Å²) >= 11 is 0. The number of nitrogens with one attached hydrogen (secondary N) is 1. The molecule has 20 heavy (non-hydrogen) atoms. The van der Waals surface area contributed by atoms with Gasteiger partial charge in [-0.1, -0.05) is 18.2 Å². The third kappa shape index (κ3) is 2.27. The van der Waals surface area contributed by atoms with E-state index in [1.165, 1.54) is 43.4 Å². The predicted octanol–water partition coefficient (Wildman–Crippen LogP) is 3.19. The molecular formula is C17H21N3. The second-order valence-electron chi connectivity index (χ2n) is 6.19. The molecule has 1 saturated heterocycles. The molecule has 1 unspecified atom stereocenters. The maximum absolute atomic E-state index is 4.71. The summed E-state index contributed by atoms with van der Waals surface area (Å²) in [6.45, 7) is 4.49. The average molecular weight is 267 g/mol. The van der Waals surface area contributed by atoms with Crippen LogP contribution < -0.4 is 5.32 Å². The molecule has 1 N–H and O–H groups in total. The van der Waals surface area contributed by atoms with Gasteiger partial charge < -0.3 is 5.32 Å². The maximum atomic E-state index is 4.71. The number of benzene rings is 1. The number of hydrogen-bond acceptors (Lipinski definition) is 3. The normalized spacial score (nSPS) is 23.4. The summed E-state index contributed by atoms with van der Waals surface area (Å²) in [5.74, 6) is 0. The van der Waals surface area contributed by atoms with Crippen molar-refractivity contribution >= 4 is 16.6 Å². The van der Waals surface area contributed by atoms with Gasteiger partial charge in [-0.2, -0.15) is 0 Å². The highest BCUT2D eigenvalue weighted by molar-refractivity contribution is 5.90. The standard InChI is InChI=1S/C17H21N3/c1-12-5-6-13-3-2-4-16(17(13)18-12)19-14-9-10-20(11-14)15-7-8-15/h2-6,14-15,19H,7-11H2,1H3. The second-order valence-corrected chi connectivity index (χ2v) is 6.19. The van der Waals surface area contributed by atoms with Gasteiger partial charge in [0.05, 0.1) is 11.2 Å². The quantitative estimate of drug-likeness (QED) is 0.925. The van der Waals surface area contributed by atoms with Gasteiger partial charge in [0.2, 0.25) is 0 Å². The van der Waals surface area contributed by atoms with Crippen LogP contribution in [0.5, 0.6) is 0 Å². The van der Waals surface area contributed by atoms with Crippen LogP contribution in [0.25, 0.3) is 10.9 Å². The van der Waals surface area contributed by atoms with Gasteiger partial charge in [0.25, 0.3) is 0 Å². The predicted molar refractivity (Wildman–Crippen MR) is 83.1 cm³/mol. The van der Waals surface area contributed by atoms with Crippen LogP contribution in [-0.4, -0.2) is 35.1 Å². The van der Waals surface area contributed by atoms with Crippen LogP contribution in [0.1, 0.15) is 25.0 Å². The minimum atomic E-state index is 0.573. The zero-order chi connectivity index (χ0) is 13.5. The van der Waals surface area contributed by atoms with Crippen molar-refractivity contribution in [1.29, 1.82) is 0 Å². The minimum absolute atomic E-state index is 0.573. The number of pyridine rings is 1. The first-order chi connectivity index (χ1) is 9.79. The molecule has 1 aromatic carbocycles. The number of fused-ring (bicyclic) bond motifs is 1. The molecule has 0 radical (unpaired) electrons. The summed E-state index contributed by atoms with van der Waals surface area (Å²) in [6, 6.07) is 12.1. The van der Waals surface area contributed by atoms with Crippen molar-refractivity contribution in [2.24, 2.45) is 0 Å². The van der Waals surface area contributed by atoms with Crippen LogP contribution in [0.4, 0.5) is 5.69 Å². The number of anilines is 1. The first-order valence-corrected chi connectivity index (χ1v) is 7.66. The Morgan fingerprint density at radius 1 is 1.15 bits per heavy atom. The number of hydrogen-bond donors (Lipinski definition) is 1. The second kappa shape index (κ2) is 4.74. The van der Waals surface area contributed by atoms with Gasteiger partial charge in [0.15, 0.2) is 0 Å². The number of nitrogens with zero attached hydrogens (tertiary/aromatic N) is 2. The van der Waals surface area contributed by atoms with Crippen LogP contribution >= 0.6 is 0 Å². The van der Waals surface area contributed by atoms with Crippen molar-refractivity contribution in [1.82, 2.24) is 9.88 Å². The van der Waals surface area contributed by atoms with Crippen LogP contribution in [0.3, 0.4) is 0 Å². The number of rotatable bonds is 3. The lowest BCUT2D eigenvalue weighted by atomic mass is 10.1. The molecule has 1 aliphatic carbocycles. The molecule has 0 spiro atoms. The number of para-hydroxylation sites is 1. The van der Waals surface area contributed by atoms with Crippen LogP contribution in [0, 0.1) is 6.92 Å². The summed E-state index contributed by atoms with van der Waals surface area (Å²) < 4.78 is 0. The van der Waals surface area contributed by atoms with Crippen molar-refractivity contribution in [2.75, 3.05) is 18.4 Å². The first-order valence-electron chi connectivity index (χ1n) is 7.66. The monoisotopic (exact) mass is 267 g/mol. The Morgan fingerprint density at radius 3 is 2.90 bits per heavy atom. The first kappa shape index (κ1) is 12.2. The van der Waals surface area contributed by atoms with Crippen molar-refractivity contribution in [3.05, 3.63) is 36.0 Å². The molecule has 0 bridgehead atoms. The van der Waals surface area contributed by atoms with E-state index >= 15 is 0 Å². The zero-order valence-corrected chi connectivity index (χ0v) is 12.0. The lowest BCUT2D eigenvalue weighted by Crippen LogP contribution is -2.27. The Hall–Kier alpha value is -1.61. The van der Waals surface area contributed by atoms with E-state index in [0.717, 1.165) is 17.3 Å². The van der Waals surface area contributed by atoms with Gasteiger partial charge in [-0.15, -0.1) is 0 Å². The van der Waals surface area contributed by atoms with E-state index in [1.54, 1.807) is 0 Å². The maximum Gasteiger partial charge on any atom is 0.0936 e. The lowest BCUT2D eigenvalue weighted by molar-refractivity contribution is 0.326. The molecule has 1 aliphatic heterocycles. The topological polar surface area (TPSA) is 28.2 Å². The molecule has 2 aromatic rings. The molecule has 4 rings (SSSR count). The van der Waals surface area contributed by atoms with Crippen LogP contribution in [0.15, 0.2) is 30.3 Å². The fraction of sp³-hybridized carbons (Fsp3) is 0.471. The highest BCUT2D eigenvalue weighted by atomic mass is 15.2. The van der Waals surface area contributed by atoms with Gasteiger partial charge in [-0.05, 0) is 38.3 Å². The fourth-order valence-corrected chi connectivity index (χ4v) is 3.26. The van der Waals surface area contributed by atoms with E-state index in [2.05, 4.69) is 47.5 Å². The molecular weight excluding hydrogens is 246 g/mol. The molecule has 1 aromatic heterocycles. The summed E-state index contributed by atoms with van der Waals surface area (Å²) in [5.41, 5.74) is 3.38. The van der Waals surface area contributed by atoms with Crippen LogP contribution in [0.2, 0.25) is 0 Å². The summed E-state index contributed by atoms with van der Waals surface area (Å²) in [5, 5.41) is 4.94. The molecule has 1 saturated carbocycles. The van der Waals surface area contributed by atoms with E-state index in [4.69, 9.17) is 4.98 Å². The van der Waals surface area contributed by atoms with E-state index in [1.807, 2.05) is 0 Å². The zero-order valence-electron chi connectivity index (χ0n) is 12.0. The Bertz CT molecular complexity index is 633. The van der Waals surface area contributed by atoms with Crippen LogP contribution in [-0.2, 0) is 0 Å². The molecule has 1 atom stereocenters. The van der Waals surface area contributed by atoms with Gasteiger partial charge in [-0.25, -0.2) is 0 Å². The highest BCUT2D eigenvalue weighted by Gasteiger charge is 2.34. The third-order valence-electron chi connectivity index (χ3n) is 4.50. The number of aryl methyl sites for hydroxylation is 1. The van der Waals surface area contributed by atoms with Crippen molar-refractivity contribution in [3.8, 4) is 0 Å². The molecule has 2 aliphatic rings. The lowest BCUT2D eigenvalue weighted by Gasteiger charge is -2.17. The average Bonchev–Trinajstić information content (AvgIpc) is 3.20. The largest absolute Gasteiger partial charge is 0.379 e. The van der Waals surface area contributed by atoms with Gasteiger partial charge in [0.1, 0.15) is 0 Å². The summed E-state index contributed by atoms with van der Waals surface area (Å²) in [6.07, 6.45) is 4.06. The number of likely N-dealkylation sites (tertiary alicyclic amines) is 1. The van der Waals surface area contributed by atoms with Crippen molar-refractivity contribution in [2.45, 2.75) is 38.3 Å². The van der Waals surface area contributed by atoms with E-state index < -0.39 is 0 Å². The SMILES string of the molecule is Cc1ccc2cccc(NC3CCN(C4CC4)C3)c2n1. The summed E-state index contributed by atoms with van der Waals surface area (Å²) in [4.78, 5) is 7.35. The Kier molecular flexibility index (Phi) is 2.88. The Balaban J connectivity index is 1.57. The molecule has 2 heterocycles. The fourth-order valence-electron chi connectivity index (χ4n) is 3.26. The van der Waals surface area contributed by atoms with Crippen molar-refractivity contribution in [3.63, 3.8) is 0 Å². The number of aromatic nitrogens is 1. The van der Waals surface area contributed by atoms with E-state index in [9.17, 15) is 0 Å². The smallest absolute Gasteiger partial charge is 0.0936 e. The summed E-state index contributed by atoms with van der Waals surface area (Å²) in [7, 11) is 0. The molecule has 0 amide bonds. The Labute approximate surface area is 120 Å². The third-order valence-corrected chi connectivity index (χ3v) is 4.50. The molecule has 3 nitrogen and oxygen atoms in total. The Morgan fingerprint density at radius 2 is 2.05 bits per heavy atom. The molecule has 104 valence electrons. The van der Waals surface area contributed by atoms with E-state index in [-0.39, 0.29) is 0 Å².